The summed E-state index contributed by atoms with van der Waals surface area (Å²) < 4.78 is 21.0. The summed E-state index contributed by atoms with van der Waals surface area (Å²) in [7, 11) is 2.93. The van der Waals surface area contributed by atoms with Gasteiger partial charge in [0.25, 0.3) is 5.91 Å². The van der Waals surface area contributed by atoms with Crippen molar-refractivity contribution in [3.05, 3.63) is 34.0 Å². The molecule has 0 spiro atoms. The highest BCUT2D eigenvalue weighted by Gasteiger charge is 2.22. The van der Waals surface area contributed by atoms with Crippen molar-refractivity contribution in [3.8, 4) is 11.5 Å². The van der Waals surface area contributed by atoms with Crippen LogP contribution in [0.3, 0.4) is 0 Å². The van der Waals surface area contributed by atoms with E-state index in [9.17, 15) is 9.59 Å². The number of ether oxygens (including phenoxy) is 3. The van der Waals surface area contributed by atoms with Gasteiger partial charge in [-0.25, -0.2) is 4.79 Å². The first kappa shape index (κ1) is 18.8. The predicted octanol–water partition coefficient (Wildman–Crippen LogP) is 2.95. The topological polar surface area (TPSA) is 99.9 Å². The molecular formula is C16H17BrN2O6. The van der Waals surface area contributed by atoms with Crippen LogP contribution in [0.25, 0.3) is 0 Å². The van der Waals surface area contributed by atoms with Crippen molar-refractivity contribution in [2.24, 2.45) is 0 Å². The fourth-order valence-corrected chi connectivity index (χ4v) is 2.48. The van der Waals surface area contributed by atoms with E-state index >= 15 is 0 Å². The minimum Gasteiger partial charge on any atom is -0.495 e. The Kier molecular flexibility index (Phi) is 6.02. The molecule has 0 bridgehead atoms. The lowest BCUT2D eigenvalue weighted by molar-refractivity contribution is -0.123. The molecule has 1 N–H and O–H groups in total. The van der Waals surface area contributed by atoms with Gasteiger partial charge in [-0.2, -0.15) is 0 Å². The molecule has 1 aromatic heterocycles. The van der Waals surface area contributed by atoms with Crippen molar-refractivity contribution in [1.82, 2.24) is 5.16 Å². The number of methoxy groups -OCH3 is 2. The van der Waals surface area contributed by atoms with Crippen LogP contribution in [0.4, 0.5) is 5.82 Å². The van der Waals surface area contributed by atoms with Gasteiger partial charge in [0.2, 0.25) is 0 Å². The van der Waals surface area contributed by atoms with Crippen LogP contribution in [0.5, 0.6) is 11.5 Å². The molecule has 0 aliphatic carbocycles. The number of benzene rings is 1. The largest absolute Gasteiger partial charge is 0.495 e. The van der Waals surface area contributed by atoms with E-state index in [1.165, 1.54) is 33.3 Å². The molecule has 1 atom stereocenters. The molecule has 0 radical (unpaired) electrons. The Balaban J connectivity index is 2.09. The van der Waals surface area contributed by atoms with E-state index in [2.05, 4.69) is 26.4 Å². The fraction of sp³-hybridized carbons (Fsp3) is 0.312. The summed E-state index contributed by atoms with van der Waals surface area (Å²) in [5.74, 6) is 0.384. The number of anilines is 1. The maximum Gasteiger partial charge on any atom is 0.339 e. The summed E-state index contributed by atoms with van der Waals surface area (Å²) >= 11 is 3.32. The molecule has 25 heavy (non-hydrogen) atoms. The van der Waals surface area contributed by atoms with Gasteiger partial charge in [-0.05, 0) is 41.9 Å². The number of carbonyl (C=O) groups excluding carboxylic acids is 2. The number of aromatic nitrogens is 1. The third-order valence-corrected chi connectivity index (χ3v) is 4.00. The van der Waals surface area contributed by atoms with Gasteiger partial charge < -0.3 is 24.1 Å². The highest BCUT2D eigenvalue weighted by molar-refractivity contribution is 9.10. The smallest absolute Gasteiger partial charge is 0.339 e. The zero-order chi connectivity index (χ0) is 18.6. The normalized spacial score (nSPS) is 11.6. The second kappa shape index (κ2) is 8.02. The second-order valence-electron chi connectivity index (χ2n) is 5.05. The number of amides is 1. The maximum atomic E-state index is 12.3. The molecule has 8 nitrogen and oxygen atoms in total. The molecule has 1 amide bonds. The third kappa shape index (κ3) is 4.50. The quantitative estimate of drug-likeness (QED) is 0.727. The second-order valence-corrected chi connectivity index (χ2v) is 5.85. The SMILES string of the molecule is COc1cc(C(=O)O[C@H](C)C(=O)Nc2cc(C)on2)cc(OC)c1Br. The van der Waals surface area contributed by atoms with Crippen molar-refractivity contribution in [2.45, 2.75) is 20.0 Å². The van der Waals surface area contributed by atoms with Gasteiger partial charge in [0.05, 0.1) is 19.8 Å². The standard InChI is InChI=1S/C16H17BrN2O6/c1-8-5-13(19-25-8)18-15(20)9(2)24-16(21)10-6-11(22-3)14(17)12(7-10)23-4/h5-7,9H,1-4H3,(H,18,19,20)/t9-/m1/s1. The molecule has 0 saturated heterocycles. The first-order valence-electron chi connectivity index (χ1n) is 7.22. The zero-order valence-corrected chi connectivity index (χ0v) is 15.7. The number of nitrogens with zero attached hydrogens (tertiary/aromatic N) is 1. The summed E-state index contributed by atoms with van der Waals surface area (Å²) in [4.78, 5) is 24.4. The number of esters is 1. The molecule has 134 valence electrons. The average molecular weight is 413 g/mol. The van der Waals surface area contributed by atoms with Gasteiger partial charge >= 0.3 is 5.97 Å². The van der Waals surface area contributed by atoms with Crippen LogP contribution in [-0.2, 0) is 9.53 Å². The van der Waals surface area contributed by atoms with Gasteiger partial charge in [-0.1, -0.05) is 5.16 Å². The Morgan fingerprint density at radius 3 is 2.28 bits per heavy atom. The van der Waals surface area contributed by atoms with E-state index in [0.29, 0.717) is 21.7 Å². The van der Waals surface area contributed by atoms with E-state index in [0.717, 1.165) is 0 Å². The minimum atomic E-state index is -1.04. The maximum absolute atomic E-state index is 12.3. The fourth-order valence-electron chi connectivity index (χ4n) is 1.92. The summed E-state index contributed by atoms with van der Waals surface area (Å²) in [6.07, 6.45) is -1.04. The Bertz CT molecular complexity index is 764. The third-order valence-electron chi connectivity index (χ3n) is 3.21. The summed E-state index contributed by atoms with van der Waals surface area (Å²) in [5, 5.41) is 6.14. The number of aryl methyl sites for hydroxylation is 1. The molecular weight excluding hydrogens is 396 g/mol. The van der Waals surface area contributed by atoms with Gasteiger partial charge in [0.15, 0.2) is 11.9 Å². The Labute approximate surface area is 152 Å². The van der Waals surface area contributed by atoms with Gasteiger partial charge in [-0.15, -0.1) is 0 Å². The molecule has 0 saturated carbocycles. The first-order valence-corrected chi connectivity index (χ1v) is 8.01. The van der Waals surface area contributed by atoms with Crippen LogP contribution in [0.15, 0.2) is 27.2 Å². The first-order chi connectivity index (χ1) is 11.8. The zero-order valence-electron chi connectivity index (χ0n) is 14.1. The molecule has 1 heterocycles. The molecule has 0 aliphatic heterocycles. The van der Waals surface area contributed by atoms with Crippen molar-refractivity contribution in [3.63, 3.8) is 0 Å². The van der Waals surface area contributed by atoms with Crippen LogP contribution >= 0.6 is 15.9 Å². The molecule has 1 aromatic carbocycles. The number of hydrogen-bond donors (Lipinski definition) is 1. The van der Waals surface area contributed by atoms with Crippen molar-refractivity contribution >= 4 is 33.6 Å². The summed E-state index contributed by atoms with van der Waals surface area (Å²) in [6, 6.07) is 4.53. The summed E-state index contributed by atoms with van der Waals surface area (Å²) in [6.45, 7) is 3.15. The van der Waals surface area contributed by atoms with E-state index in [-0.39, 0.29) is 11.4 Å². The number of rotatable bonds is 6. The van der Waals surface area contributed by atoms with Crippen molar-refractivity contribution in [2.75, 3.05) is 19.5 Å². The van der Waals surface area contributed by atoms with Crippen molar-refractivity contribution < 1.29 is 28.3 Å². The van der Waals surface area contributed by atoms with Crippen LogP contribution in [0, 0.1) is 6.92 Å². The Morgan fingerprint density at radius 1 is 1.20 bits per heavy atom. The molecule has 2 rings (SSSR count). The van der Waals surface area contributed by atoms with Gasteiger partial charge in [0, 0.05) is 6.07 Å². The van der Waals surface area contributed by atoms with Gasteiger partial charge in [0.1, 0.15) is 21.7 Å². The molecule has 0 aliphatic rings. The summed E-state index contributed by atoms with van der Waals surface area (Å²) in [5.41, 5.74) is 0.189. The van der Waals surface area contributed by atoms with Crippen LogP contribution < -0.4 is 14.8 Å². The molecule has 9 heteroatoms. The van der Waals surface area contributed by atoms with E-state index in [4.69, 9.17) is 18.7 Å². The van der Waals surface area contributed by atoms with Crippen LogP contribution in [-0.4, -0.2) is 37.4 Å². The molecule has 0 unspecified atom stereocenters. The number of hydrogen-bond acceptors (Lipinski definition) is 7. The molecule has 0 fully saturated rings. The lowest BCUT2D eigenvalue weighted by Crippen LogP contribution is -2.30. The predicted molar refractivity (Wildman–Crippen MR) is 92.0 cm³/mol. The highest BCUT2D eigenvalue weighted by Crippen LogP contribution is 2.35. The Morgan fingerprint density at radius 2 is 1.80 bits per heavy atom. The lowest BCUT2D eigenvalue weighted by atomic mass is 10.2. The van der Waals surface area contributed by atoms with E-state index in [1.807, 2.05) is 0 Å². The van der Waals surface area contributed by atoms with Crippen molar-refractivity contribution in [1.29, 1.82) is 0 Å². The van der Waals surface area contributed by atoms with E-state index in [1.54, 1.807) is 13.0 Å². The van der Waals surface area contributed by atoms with E-state index < -0.39 is 18.0 Å². The number of halogens is 1. The Hall–Kier alpha value is -2.55. The monoisotopic (exact) mass is 412 g/mol. The average Bonchev–Trinajstić information content (AvgIpc) is 2.99. The lowest BCUT2D eigenvalue weighted by Gasteiger charge is -2.14. The number of carbonyl (C=O) groups is 2. The number of nitrogens with one attached hydrogen (secondary N) is 1. The van der Waals surface area contributed by atoms with Gasteiger partial charge in [-0.3, -0.25) is 4.79 Å². The van der Waals surface area contributed by atoms with Crippen LogP contribution in [0.2, 0.25) is 0 Å². The molecule has 2 aromatic rings. The highest BCUT2D eigenvalue weighted by atomic mass is 79.9. The van der Waals surface area contributed by atoms with Crippen LogP contribution in [0.1, 0.15) is 23.0 Å². The minimum absolute atomic E-state index is 0.189.